The minimum Gasteiger partial charge on any atom is -0.440 e. The zero-order valence-corrected chi connectivity index (χ0v) is 15.7. The van der Waals surface area contributed by atoms with E-state index in [2.05, 4.69) is 4.98 Å². The lowest BCUT2D eigenvalue weighted by Gasteiger charge is -2.15. The van der Waals surface area contributed by atoms with Crippen molar-refractivity contribution in [1.29, 1.82) is 0 Å². The molecule has 2 N–H and O–H groups in total. The molecule has 0 unspecified atom stereocenters. The monoisotopic (exact) mass is 373 g/mol. The number of carbonyl (C=O) groups excluding carboxylic acids is 1. The zero-order valence-electron chi connectivity index (χ0n) is 15.7. The van der Waals surface area contributed by atoms with Crippen LogP contribution in [0.5, 0.6) is 0 Å². The van der Waals surface area contributed by atoms with Crippen LogP contribution in [0.3, 0.4) is 0 Å². The van der Waals surface area contributed by atoms with Gasteiger partial charge in [0.05, 0.1) is 5.52 Å². The quantitative estimate of drug-likeness (QED) is 0.590. The molecule has 0 saturated heterocycles. The van der Waals surface area contributed by atoms with Crippen molar-refractivity contribution in [3.63, 3.8) is 0 Å². The minimum atomic E-state index is -0.451. The number of rotatable bonds is 3. The summed E-state index contributed by atoms with van der Waals surface area (Å²) in [5.74, 6) is 0.0400. The van der Waals surface area contributed by atoms with E-state index in [1.165, 1.54) is 0 Å². The van der Waals surface area contributed by atoms with Gasteiger partial charge in [0.25, 0.3) is 5.56 Å². The topological polar surface area (TPSA) is 91.1 Å². The second-order valence-electron chi connectivity index (χ2n) is 7.39. The van der Waals surface area contributed by atoms with Gasteiger partial charge >= 0.3 is 0 Å². The summed E-state index contributed by atoms with van der Waals surface area (Å²) in [4.78, 5) is 28.8. The van der Waals surface area contributed by atoms with Crippen LogP contribution in [0, 0.1) is 13.8 Å². The maximum Gasteiger partial charge on any atom is 0.281 e. The molecule has 1 aliphatic carbocycles. The normalized spacial score (nSPS) is 14.1. The lowest BCUT2D eigenvalue weighted by atomic mass is 9.96. The van der Waals surface area contributed by atoms with Gasteiger partial charge in [0.15, 0.2) is 17.0 Å². The van der Waals surface area contributed by atoms with Crippen LogP contribution < -0.4 is 11.3 Å². The fourth-order valence-corrected chi connectivity index (χ4v) is 3.97. The Bertz CT molecular complexity index is 1330. The van der Waals surface area contributed by atoms with Gasteiger partial charge < -0.3 is 14.7 Å². The molecule has 0 bridgehead atoms. The zero-order chi connectivity index (χ0) is 19.6. The third-order valence-electron chi connectivity index (χ3n) is 5.46. The van der Waals surface area contributed by atoms with Gasteiger partial charge in [-0.2, -0.15) is 0 Å². The fraction of sp³-hybridized carbons (Fsp3) is 0.227. The lowest BCUT2D eigenvalue weighted by molar-refractivity contribution is 0.100. The van der Waals surface area contributed by atoms with Gasteiger partial charge in [-0.1, -0.05) is 18.2 Å². The summed E-state index contributed by atoms with van der Waals surface area (Å²) in [6, 6.07) is 11.4. The lowest BCUT2D eigenvalue weighted by Crippen LogP contribution is -2.20. The van der Waals surface area contributed by atoms with E-state index >= 15 is 0 Å². The SMILES string of the molecule is Cc1nc2c(=O)n(C3CC3)c3c(C)c(-c4ccc(C(N)=O)cc4)ccc3c2o1. The second kappa shape index (κ2) is 5.79. The molecule has 0 aliphatic heterocycles. The fourth-order valence-electron chi connectivity index (χ4n) is 3.97. The summed E-state index contributed by atoms with van der Waals surface area (Å²) in [5, 5.41) is 0.900. The number of hydrogen-bond donors (Lipinski definition) is 1. The molecule has 2 aromatic heterocycles. The Kier molecular flexibility index (Phi) is 3.46. The maximum absolute atomic E-state index is 13.1. The summed E-state index contributed by atoms with van der Waals surface area (Å²) in [6.45, 7) is 3.78. The molecule has 28 heavy (non-hydrogen) atoms. The Labute approximate surface area is 160 Å². The highest BCUT2D eigenvalue weighted by molar-refractivity contribution is 6.04. The van der Waals surface area contributed by atoms with Crippen molar-refractivity contribution in [3.8, 4) is 11.1 Å². The Balaban J connectivity index is 1.83. The highest BCUT2D eigenvalue weighted by atomic mass is 16.3. The third kappa shape index (κ3) is 2.37. The average molecular weight is 373 g/mol. The third-order valence-corrected chi connectivity index (χ3v) is 5.46. The number of primary amides is 1. The molecule has 6 nitrogen and oxygen atoms in total. The first-order valence-corrected chi connectivity index (χ1v) is 9.31. The Morgan fingerprint density at radius 1 is 1.14 bits per heavy atom. The predicted octanol–water partition coefficient (Wildman–Crippen LogP) is 3.86. The number of aromatic nitrogens is 2. The van der Waals surface area contributed by atoms with Gasteiger partial charge in [0, 0.05) is 23.9 Å². The van der Waals surface area contributed by atoms with Crippen LogP contribution in [0.15, 0.2) is 45.6 Å². The minimum absolute atomic E-state index is 0.0915. The summed E-state index contributed by atoms with van der Waals surface area (Å²) >= 11 is 0. The van der Waals surface area contributed by atoms with Crippen LogP contribution in [-0.4, -0.2) is 15.5 Å². The molecule has 4 aromatic rings. The molecule has 1 amide bonds. The van der Waals surface area contributed by atoms with Gasteiger partial charge in [-0.15, -0.1) is 0 Å². The van der Waals surface area contributed by atoms with Crippen LogP contribution in [0.1, 0.15) is 40.7 Å². The van der Waals surface area contributed by atoms with E-state index in [0.29, 0.717) is 22.6 Å². The molecule has 6 heteroatoms. The summed E-state index contributed by atoms with van der Waals surface area (Å²) in [6.07, 6.45) is 1.99. The molecule has 2 heterocycles. The number of hydrogen-bond acceptors (Lipinski definition) is 4. The highest BCUT2D eigenvalue weighted by Gasteiger charge is 2.30. The van der Waals surface area contributed by atoms with Crippen LogP contribution in [0.25, 0.3) is 33.1 Å². The van der Waals surface area contributed by atoms with Gasteiger partial charge in [-0.05, 0) is 54.7 Å². The molecule has 1 saturated carbocycles. The largest absolute Gasteiger partial charge is 0.440 e. The Morgan fingerprint density at radius 3 is 2.50 bits per heavy atom. The van der Waals surface area contributed by atoms with Crippen molar-refractivity contribution >= 4 is 27.9 Å². The van der Waals surface area contributed by atoms with E-state index in [1.54, 1.807) is 19.1 Å². The molecule has 0 atom stereocenters. The first kappa shape index (κ1) is 16.7. The molecular formula is C22H19N3O3. The summed E-state index contributed by atoms with van der Waals surface area (Å²) < 4.78 is 7.67. The first-order valence-electron chi connectivity index (χ1n) is 9.31. The number of aryl methyl sites for hydroxylation is 2. The van der Waals surface area contributed by atoms with Crippen LogP contribution in [-0.2, 0) is 0 Å². The second-order valence-corrected chi connectivity index (χ2v) is 7.39. The van der Waals surface area contributed by atoms with Crippen LogP contribution in [0.2, 0.25) is 0 Å². The number of fused-ring (bicyclic) bond motifs is 3. The average Bonchev–Trinajstić information content (AvgIpc) is 3.43. The van der Waals surface area contributed by atoms with Gasteiger partial charge in [-0.3, -0.25) is 9.59 Å². The van der Waals surface area contributed by atoms with Crippen LogP contribution in [0.4, 0.5) is 0 Å². The van der Waals surface area contributed by atoms with E-state index in [-0.39, 0.29) is 11.6 Å². The van der Waals surface area contributed by atoms with Gasteiger partial charge in [0.1, 0.15) is 0 Å². The molecule has 0 radical (unpaired) electrons. The van der Waals surface area contributed by atoms with Gasteiger partial charge in [0.2, 0.25) is 5.91 Å². The van der Waals surface area contributed by atoms with Crippen molar-refractivity contribution in [2.45, 2.75) is 32.7 Å². The molecular weight excluding hydrogens is 354 g/mol. The molecule has 140 valence electrons. The predicted molar refractivity (Wildman–Crippen MR) is 107 cm³/mol. The molecule has 1 aliphatic rings. The molecule has 2 aromatic carbocycles. The van der Waals surface area contributed by atoms with E-state index < -0.39 is 5.91 Å². The summed E-state index contributed by atoms with van der Waals surface area (Å²) in [7, 11) is 0. The smallest absolute Gasteiger partial charge is 0.281 e. The highest BCUT2D eigenvalue weighted by Crippen LogP contribution is 2.40. The van der Waals surface area contributed by atoms with Crippen molar-refractivity contribution in [2.24, 2.45) is 5.73 Å². The van der Waals surface area contributed by atoms with Crippen LogP contribution >= 0.6 is 0 Å². The van der Waals surface area contributed by atoms with E-state index in [0.717, 1.165) is 40.4 Å². The van der Waals surface area contributed by atoms with Crippen molar-refractivity contribution in [3.05, 3.63) is 63.8 Å². The number of oxazole rings is 1. The van der Waals surface area contributed by atoms with E-state index in [1.807, 2.05) is 35.8 Å². The molecule has 5 rings (SSSR count). The number of nitrogens with zero attached hydrogens (tertiary/aromatic N) is 2. The van der Waals surface area contributed by atoms with Crippen molar-refractivity contribution < 1.29 is 9.21 Å². The van der Waals surface area contributed by atoms with Gasteiger partial charge in [-0.25, -0.2) is 4.98 Å². The number of nitrogens with two attached hydrogens (primary N) is 1. The van der Waals surface area contributed by atoms with E-state index in [4.69, 9.17) is 10.2 Å². The Morgan fingerprint density at radius 2 is 1.86 bits per heavy atom. The Hall–Kier alpha value is -3.41. The van der Waals surface area contributed by atoms with Crippen molar-refractivity contribution in [1.82, 2.24) is 9.55 Å². The number of amides is 1. The molecule has 1 fully saturated rings. The van der Waals surface area contributed by atoms with E-state index in [9.17, 15) is 9.59 Å². The standard InChI is InChI=1S/C22H19N3O3/c1-11-16(13-3-5-14(6-4-13)21(23)26)9-10-17-19(11)25(15-7-8-15)22(27)18-20(17)28-12(2)24-18/h3-6,9-10,15H,7-8H2,1-2H3,(H2,23,26). The van der Waals surface area contributed by atoms with Crippen molar-refractivity contribution in [2.75, 3.05) is 0 Å². The number of carbonyl (C=O) groups is 1. The summed E-state index contributed by atoms with van der Waals surface area (Å²) in [5.41, 5.74) is 10.5. The first-order chi connectivity index (χ1) is 13.5. The molecule has 0 spiro atoms. The number of benzene rings is 2. The number of pyridine rings is 1. The maximum atomic E-state index is 13.1.